The van der Waals surface area contributed by atoms with E-state index in [-0.39, 0.29) is 0 Å². The fourth-order valence-electron chi connectivity index (χ4n) is 1.27. The maximum Gasteiger partial charge on any atom is 0.0711 e. The lowest BCUT2D eigenvalue weighted by molar-refractivity contribution is 1.25. The average Bonchev–Trinajstić information content (AvgIpc) is 2.05. The molecule has 1 aromatic heterocycles. The number of rotatable bonds is 0. The zero-order valence-corrected chi connectivity index (χ0v) is 7.26. The summed E-state index contributed by atoms with van der Waals surface area (Å²) in [5.41, 5.74) is 3.30. The smallest absolute Gasteiger partial charge is 0.0711 e. The molecular weight excluding hydrogens is 146 g/mol. The van der Waals surface area contributed by atoms with E-state index in [4.69, 9.17) is 0 Å². The quantitative estimate of drug-likeness (QED) is 0.571. The Labute approximate surface area is 72.1 Å². The van der Waals surface area contributed by atoms with Gasteiger partial charge in [-0.2, -0.15) is 0 Å². The molecule has 0 amide bonds. The van der Waals surface area contributed by atoms with Gasteiger partial charge in [0.2, 0.25) is 0 Å². The van der Waals surface area contributed by atoms with Gasteiger partial charge in [0.15, 0.2) is 0 Å². The number of aromatic nitrogens is 1. The molecule has 0 bridgehead atoms. The summed E-state index contributed by atoms with van der Waals surface area (Å²) in [7, 11) is 0. The largest absolute Gasteiger partial charge is 0.253 e. The number of hydrogen-bond acceptors (Lipinski definition) is 1. The monoisotopic (exact) mass is 156 g/mol. The van der Waals surface area contributed by atoms with E-state index in [2.05, 4.69) is 30.1 Å². The third-order valence-electron chi connectivity index (χ3n) is 1.89. The van der Waals surface area contributed by atoms with E-state index in [0.717, 1.165) is 16.6 Å². The standard InChI is InChI=1S/C11H10N/c1-8-3-6-11-10(7-8)5-4-9(2)12-11/h3-4,6-7H,1-2H3. The molecule has 1 radical (unpaired) electrons. The van der Waals surface area contributed by atoms with E-state index in [0.29, 0.717) is 0 Å². The predicted octanol–water partition coefficient (Wildman–Crippen LogP) is 2.65. The molecule has 12 heavy (non-hydrogen) atoms. The first-order chi connectivity index (χ1) is 5.75. The SMILES string of the molecule is Cc1ccc2nc(C)c[c]c2c1. The van der Waals surface area contributed by atoms with E-state index < -0.39 is 0 Å². The van der Waals surface area contributed by atoms with E-state index in [1.165, 1.54) is 5.56 Å². The van der Waals surface area contributed by atoms with Crippen LogP contribution in [-0.2, 0) is 0 Å². The topological polar surface area (TPSA) is 12.9 Å². The van der Waals surface area contributed by atoms with Crippen molar-refractivity contribution >= 4 is 10.9 Å². The first-order valence-corrected chi connectivity index (χ1v) is 4.01. The summed E-state index contributed by atoms with van der Waals surface area (Å²) in [5, 5.41) is 1.10. The number of nitrogens with zero attached hydrogens (tertiary/aromatic N) is 1. The van der Waals surface area contributed by atoms with Crippen molar-refractivity contribution in [2.45, 2.75) is 13.8 Å². The molecule has 0 spiro atoms. The minimum atomic E-state index is 1.02. The van der Waals surface area contributed by atoms with Crippen molar-refractivity contribution in [2.75, 3.05) is 0 Å². The van der Waals surface area contributed by atoms with Crippen LogP contribution in [0.5, 0.6) is 0 Å². The first-order valence-electron chi connectivity index (χ1n) is 4.01. The van der Waals surface area contributed by atoms with Crippen LogP contribution in [0.25, 0.3) is 10.9 Å². The average molecular weight is 156 g/mol. The molecule has 2 aromatic rings. The van der Waals surface area contributed by atoms with Gasteiger partial charge in [-0.05, 0) is 38.1 Å². The summed E-state index contributed by atoms with van der Waals surface area (Å²) < 4.78 is 0. The summed E-state index contributed by atoms with van der Waals surface area (Å²) in [4.78, 5) is 4.39. The van der Waals surface area contributed by atoms with Crippen LogP contribution in [0.4, 0.5) is 0 Å². The molecule has 0 saturated heterocycles. The van der Waals surface area contributed by atoms with Crippen molar-refractivity contribution in [3.63, 3.8) is 0 Å². The summed E-state index contributed by atoms with van der Waals surface area (Å²) in [6.07, 6.45) is 0. The molecule has 0 unspecified atom stereocenters. The number of benzene rings is 1. The zero-order valence-electron chi connectivity index (χ0n) is 7.26. The van der Waals surface area contributed by atoms with Gasteiger partial charge >= 0.3 is 0 Å². The first kappa shape index (κ1) is 7.29. The van der Waals surface area contributed by atoms with Crippen molar-refractivity contribution < 1.29 is 0 Å². The van der Waals surface area contributed by atoms with Gasteiger partial charge in [0.05, 0.1) is 5.52 Å². The van der Waals surface area contributed by atoms with Gasteiger partial charge in [-0.15, -0.1) is 0 Å². The molecule has 1 heteroatoms. The summed E-state index contributed by atoms with van der Waals surface area (Å²) >= 11 is 0. The number of fused-ring (bicyclic) bond motifs is 1. The molecule has 0 N–H and O–H groups in total. The lowest BCUT2D eigenvalue weighted by atomic mass is 10.1. The Kier molecular flexibility index (Phi) is 1.58. The summed E-state index contributed by atoms with van der Waals surface area (Å²) in [5.74, 6) is 0. The van der Waals surface area contributed by atoms with E-state index >= 15 is 0 Å². The third-order valence-corrected chi connectivity index (χ3v) is 1.89. The van der Waals surface area contributed by atoms with Gasteiger partial charge in [-0.25, -0.2) is 0 Å². The number of pyridine rings is 1. The van der Waals surface area contributed by atoms with Crippen LogP contribution < -0.4 is 0 Å². The fourth-order valence-corrected chi connectivity index (χ4v) is 1.27. The highest BCUT2D eigenvalue weighted by Crippen LogP contribution is 2.13. The number of aryl methyl sites for hydroxylation is 2. The molecule has 1 aromatic carbocycles. The normalized spacial score (nSPS) is 10.5. The minimum absolute atomic E-state index is 1.02. The molecule has 0 atom stereocenters. The van der Waals surface area contributed by atoms with E-state index in [1.54, 1.807) is 0 Å². The Bertz CT molecular complexity index is 377. The molecule has 0 saturated carbocycles. The Morgan fingerprint density at radius 1 is 1.25 bits per heavy atom. The highest BCUT2D eigenvalue weighted by atomic mass is 14.7. The Morgan fingerprint density at radius 3 is 2.92 bits per heavy atom. The van der Waals surface area contributed by atoms with Crippen molar-refractivity contribution in [3.05, 3.63) is 41.6 Å². The second kappa shape index (κ2) is 2.59. The highest BCUT2D eigenvalue weighted by molar-refractivity contribution is 5.78. The predicted molar refractivity (Wildman–Crippen MR) is 50.1 cm³/mol. The Balaban J connectivity index is 2.79. The second-order valence-corrected chi connectivity index (χ2v) is 3.06. The maximum atomic E-state index is 4.39. The van der Waals surface area contributed by atoms with E-state index in [9.17, 15) is 0 Å². The van der Waals surface area contributed by atoms with Crippen LogP contribution in [0, 0.1) is 19.9 Å². The lowest BCUT2D eigenvalue weighted by Crippen LogP contribution is -1.83. The Morgan fingerprint density at radius 2 is 2.08 bits per heavy atom. The van der Waals surface area contributed by atoms with Gasteiger partial charge in [0.1, 0.15) is 0 Å². The maximum absolute atomic E-state index is 4.39. The molecule has 1 nitrogen and oxygen atoms in total. The zero-order chi connectivity index (χ0) is 8.55. The van der Waals surface area contributed by atoms with Crippen molar-refractivity contribution in [2.24, 2.45) is 0 Å². The van der Waals surface area contributed by atoms with Crippen LogP contribution in [-0.4, -0.2) is 4.98 Å². The van der Waals surface area contributed by atoms with Crippen LogP contribution in [0.15, 0.2) is 24.3 Å². The lowest BCUT2D eigenvalue weighted by Gasteiger charge is -1.98. The molecule has 0 aliphatic carbocycles. The molecule has 0 aliphatic rings. The van der Waals surface area contributed by atoms with Crippen molar-refractivity contribution in [1.82, 2.24) is 4.98 Å². The van der Waals surface area contributed by atoms with Gasteiger partial charge in [-0.3, -0.25) is 4.98 Å². The van der Waals surface area contributed by atoms with Crippen molar-refractivity contribution in [3.8, 4) is 0 Å². The van der Waals surface area contributed by atoms with Gasteiger partial charge in [-0.1, -0.05) is 11.6 Å². The van der Waals surface area contributed by atoms with Crippen LogP contribution in [0.3, 0.4) is 0 Å². The molecular formula is C11H10N. The van der Waals surface area contributed by atoms with Crippen LogP contribution in [0.2, 0.25) is 0 Å². The van der Waals surface area contributed by atoms with Crippen LogP contribution in [0.1, 0.15) is 11.3 Å². The van der Waals surface area contributed by atoms with E-state index in [1.807, 2.05) is 19.1 Å². The number of hydrogen-bond donors (Lipinski definition) is 0. The molecule has 0 fully saturated rings. The summed E-state index contributed by atoms with van der Waals surface area (Å²) in [6, 6.07) is 11.3. The molecule has 2 rings (SSSR count). The minimum Gasteiger partial charge on any atom is -0.253 e. The Hall–Kier alpha value is -1.37. The molecule has 59 valence electrons. The van der Waals surface area contributed by atoms with Gasteiger partial charge in [0.25, 0.3) is 0 Å². The third kappa shape index (κ3) is 1.18. The van der Waals surface area contributed by atoms with Crippen molar-refractivity contribution in [1.29, 1.82) is 0 Å². The molecule has 1 heterocycles. The van der Waals surface area contributed by atoms with Gasteiger partial charge in [0, 0.05) is 11.1 Å². The van der Waals surface area contributed by atoms with Crippen LogP contribution >= 0.6 is 0 Å². The fraction of sp³-hybridized carbons (Fsp3) is 0.182. The molecule has 0 aliphatic heterocycles. The highest BCUT2D eigenvalue weighted by Gasteiger charge is 1.94. The summed E-state index contributed by atoms with van der Waals surface area (Å²) in [6.45, 7) is 4.06. The second-order valence-electron chi connectivity index (χ2n) is 3.06. The van der Waals surface area contributed by atoms with Gasteiger partial charge < -0.3 is 0 Å².